The second-order valence-corrected chi connectivity index (χ2v) is 9.50. The van der Waals surface area contributed by atoms with E-state index in [-0.39, 0.29) is 17.7 Å². The van der Waals surface area contributed by atoms with Crippen LogP contribution in [0.1, 0.15) is 27.7 Å². The van der Waals surface area contributed by atoms with Gasteiger partial charge in [0.2, 0.25) is 5.13 Å². The molecule has 0 radical (unpaired) electrons. The Hall–Kier alpha value is -3.30. The number of hydrogen-bond acceptors (Lipinski definition) is 8. The molecular weight excluding hydrogens is 440 g/mol. The van der Waals surface area contributed by atoms with Gasteiger partial charge in [-0.3, -0.25) is 15.2 Å². The molecule has 2 aromatic carbocycles. The number of aryl methyl sites for hydroxylation is 2. The Bertz CT molecular complexity index is 1230. The number of thioether (sulfide) groups is 1. The normalized spacial score (nSPS) is 19.4. The fourth-order valence-corrected chi connectivity index (χ4v) is 5.14. The fraction of sp³-hybridized carbons (Fsp3) is 0.174. The summed E-state index contributed by atoms with van der Waals surface area (Å²) in [7, 11) is 0. The summed E-state index contributed by atoms with van der Waals surface area (Å²) in [6.45, 7) is 3.95. The molecule has 0 bridgehead atoms. The zero-order chi connectivity index (χ0) is 22.1. The number of nitrogens with one attached hydrogen (secondary N) is 1. The molecule has 0 saturated carbocycles. The van der Waals surface area contributed by atoms with Crippen LogP contribution in [0, 0.1) is 13.8 Å². The van der Waals surface area contributed by atoms with Gasteiger partial charge in [0, 0.05) is 16.2 Å². The Morgan fingerprint density at radius 2 is 1.78 bits per heavy atom. The van der Waals surface area contributed by atoms with Crippen molar-refractivity contribution in [1.82, 2.24) is 9.99 Å². The van der Waals surface area contributed by atoms with Gasteiger partial charge in [-0.25, -0.2) is 4.98 Å². The summed E-state index contributed by atoms with van der Waals surface area (Å²) in [5.74, 6) is 0.461. The van der Waals surface area contributed by atoms with Crippen molar-refractivity contribution in [1.29, 1.82) is 0 Å². The average molecular weight is 461 g/mol. The van der Waals surface area contributed by atoms with Gasteiger partial charge in [0.25, 0.3) is 0 Å². The third-order valence-corrected chi connectivity index (χ3v) is 7.16. The fourth-order valence-electron chi connectivity index (χ4n) is 3.36. The minimum Gasteiger partial charge on any atom is -0.265 e. The number of benzene rings is 2. The zero-order valence-corrected chi connectivity index (χ0v) is 19.2. The quantitative estimate of drug-likeness (QED) is 0.576. The number of anilines is 1. The van der Waals surface area contributed by atoms with Crippen LogP contribution in [0.25, 0.3) is 0 Å². The maximum Gasteiger partial charge on any atom is 0.303 e. The van der Waals surface area contributed by atoms with Crippen LogP contribution in [0.5, 0.6) is 0 Å². The van der Waals surface area contributed by atoms with E-state index in [2.05, 4.69) is 32.7 Å². The van der Waals surface area contributed by atoms with E-state index in [4.69, 9.17) is 4.99 Å². The molecule has 1 atom stereocenters. The number of nitrogens with zero attached hydrogens (tertiary/aromatic N) is 5. The van der Waals surface area contributed by atoms with Crippen LogP contribution >= 0.6 is 23.1 Å². The highest BCUT2D eigenvalue weighted by Gasteiger charge is 2.38. The third kappa shape index (κ3) is 3.96. The number of thiazole rings is 1. The Labute approximate surface area is 194 Å². The number of amidine groups is 1. The molecule has 1 unspecified atom stereocenters. The first-order chi connectivity index (χ1) is 15.6. The summed E-state index contributed by atoms with van der Waals surface area (Å²) in [5.41, 5.74) is 6.59. The number of amides is 1. The first-order valence-electron chi connectivity index (χ1n) is 10.1. The number of aliphatic imine (C=N–C) groups is 1. The molecule has 9 heteroatoms. The van der Waals surface area contributed by atoms with Crippen molar-refractivity contribution < 1.29 is 4.79 Å². The number of hydrazone groups is 2. The van der Waals surface area contributed by atoms with E-state index in [1.807, 2.05) is 62.4 Å². The van der Waals surface area contributed by atoms with Crippen LogP contribution in [0.3, 0.4) is 0 Å². The van der Waals surface area contributed by atoms with Crippen LogP contribution < -0.4 is 5.43 Å². The molecule has 0 spiro atoms. The van der Waals surface area contributed by atoms with Crippen molar-refractivity contribution in [3.63, 3.8) is 0 Å². The first-order valence-corrected chi connectivity index (χ1v) is 11.9. The highest BCUT2D eigenvalue weighted by Crippen LogP contribution is 2.33. The van der Waals surface area contributed by atoms with Gasteiger partial charge in [-0.05, 0) is 19.4 Å². The molecule has 3 heterocycles. The molecule has 5 rings (SSSR count). The minimum atomic E-state index is -0.304. The van der Waals surface area contributed by atoms with Crippen LogP contribution in [0.2, 0.25) is 0 Å². The van der Waals surface area contributed by atoms with Crippen LogP contribution in [0.4, 0.5) is 5.13 Å². The summed E-state index contributed by atoms with van der Waals surface area (Å²) in [5, 5.41) is 11.6. The lowest BCUT2D eigenvalue weighted by molar-refractivity contribution is -0.119. The summed E-state index contributed by atoms with van der Waals surface area (Å²) < 4.78 is 0. The monoisotopic (exact) mass is 460 g/mol. The Balaban J connectivity index is 1.47. The van der Waals surface area contributed by atoms with E-state index in [9.17, 15) is 4.79 Å². The average Bonchev–Trinajstić information content (AvgIpc) is 3.51. The molecule has 1 aromatic heterocycles. The van der Waals surface area contributed by atoms with Crippen molar-refractivity contribution in [3.8, 4) is 0 Å². The molecular formula is C23H20N6OS2. The van der Waals surface area contributed by atoms with Crippen molar-refractivity contribution in [2.75, 3.05) is 11.2 Å². The van der Waals surface area contributed by atoms with Crippen LogP contribution in [-0.2, 0) is 4.79 Å². The summed E-state index contributed by atoms with van der Waals surface area (Å²) in [6.07, 6.45) is 0. The van der Waals surface area contributed by atoms with Crippen molar-refractivity contribution in [3.05, 3.63) is 82.4 Å². The Kier molecular flexibility index (Phi) is 5.59. The van der Waals surface area contributed by atoms with Gasteiger partial charge in [-0.1, -0.05) is 72.4 Å². The zero-order valence-electron chi connectivity index (χ0n) is 17.5. The van der Waals surface area contributed by atoms with Crippen molar-refractivity contribution >= 4 is 50.7 Å². The van der Waals surface area contributed by atoms with Gasteiger partial charge in [-0.2, -0.15) is 15.2 Å². The van der Waals surface area contributed by atoms with E-state index in [1.54, 1.807) is 0 Å². The number of carbonyl (C=O) groups excluding carboxylic acids is 1. The number of rotatable bonds is 4. The SMILES string of the molecule is Cc1nc(N/N=C2\C(=O)N(C3=NC(c4ccccc4)CS3)N=C2c2ccccc2)sc1C. The molecule has 1 amide bonds. The van der Waals surface area contributed by atoms with Crippen LogP contribution in [-0.4, -0.2) is 38.2 Å². The number of aromatic nitrogens is 1. The van der Waals surface area contributed by atoms with Gasteiger partial charge >= 0.3 is 5.91 Å². The van der Waals surface area contributed by atoms with Crippen molar-refractivity contribution in [2.45, 2.75) is 19.9 Å². The maximum absolute atomic E-state index is 13.3. The molecule has 0 aliphatic carbocycles. The van der Waals surface area contributed by atoms with E-state index < -0.39 is 0 Å². The molecule has 160 valence electrons. The van der Waals surface area contributed by atoms with Gasteiger partial charge < -0.3 is 0 Å². The van der Waals surface area contributed by atoms with E-state index in [0.29, 0.717) is 16.0 Å². The molecule has 0 saturated heterocycles. The third-order valence-electron chi connectivity index (χ3n) is 5.16. The molecule has 2 aliphatic rings. The van der Waals surface area contributed by atoms with E-state index >= 15 is 0 Å². The molecule has 2 aliphatic heterocycles. The number of carbonyl (C=O) groups is 1. The molecule has 32 heavy (non-hydrogen) atoms. The minimum absolute atomic E-state index is 0.000224. The molecule has 1 N–H and O–H groups in total. The van der Waals surface area contributed by atoms with Crippen LogP contribution in [0.15, 0.2) is 75.9 Å². The van der Waals surface area contributed by atoms with Gasteiger partial charge in [0.1, 0.15) is 5.71 Å². The summed E-state index contributed by atoms with van der Waals surface area (Å²) in [4.78, 5) is 23.7. The predicted molar refractivity (Wildman–Crippen MR) is 132 cm³/mol. The maximum atomic E-state index is 13.3. The van der Waals surface area contributed by atoms with E-state index in [1.165, 1.54) is 28.1 Å². The Morgan fingerprint density at radius 3 is 2.47 bits per heavy atom. The smallest absolute Gasteiger partial charge is 0.265 e. The summed E-state index contributed by atoms with van der Waals surface area (Å²) in [6, 6.07) is 19.7. The topological polar surface area (TPSA) is 82.3 Å². The van der Waals surface area contributed by atoms with Gasteiger partial charge in [0.05, 0.1) is 11.7 Å². The molecule has 0 fully saturated rings. The predicted octanol–water partition coefficient (Wildman–Crippen LogP) is 4.62. The summed E-state index contributed by atoms with van der Waals surface area (Å²) >= 11 is 3.03. The lowest BCUT2D eigenvalue weighted by atomic mass is 10.1. The van der Waals surface area contributed by atoms with Gasteiger partial charge in [-0.15, -0.1) is 11.3 Å². The first kappa shape index (κ1) is 20.6. The largest absolute Gasteiger partial charge is 0.303 e. The second kappa shape index (κ2) is 8.68. The molecule has 7 nitrogen and oxygen atoms in total. The second-order valence-electron chi connectivity index (χ2n) is 7.31. The highest BCUT2D eigenvalue weighted by atomic mass is 32.2. The number of hydrogen-bond donors (Lipinski definition) is 1. The van der Waals surface area contributed by atoms with Crippen molar-refractivity contribution in [2.24, 2.45) is 15.2 Å². The highest BCUT2D eigenvalue weighted by molar-refractivity contribution is 8.14. The van der Waals surface area contributed by atoms with Gasteiger partial charge in [0.15, 0.2) is 10.9 Å². The Morgan fingerprint density at radius 1 is 1.06 bits per heavy atom. The lowest BCUT2D eigenvalue weighted by Gasteiger charge is -2.09. The standard InChI is InChI=1S/C23H20N6OS2/c1-14-15(2)32-22(24-14)27-26-20-19(17-11-7-4-8-12-17)28-29(21(20)30)23-25-18(13-31-23)16-9-5-3-6-10-16/h3-12,18H,13H2,1-2H3,(H,24,27)/b26-20-. The van der Waals surface area contributed by atoms with E-state index in [0.717, 1.165) is 27.5 Å². The lowest BCUT2D eigenvalue weighted by Crippen LogP contribution is -2.31. The molecule has 3 aromatic rings.